The third kappa shape index (κ3) is 3.04. The summed E-state index contributed by atoms with van der Waals surface area (Å²) in [5.41, 5.74) is 1.19. The predicted molar refractivity (Wildman–Crippen MR) is 79.5 cm³/mol. The minimum atomic E-state index is 0.399. The molecule has 0 spiro atoms. The second kappa shape index (κ2) is 5.57. The van der Waals surface area contributed by atoms with Gasteiger partial charge in [0.1, 0.15) is 0 Å². The zero-order valence-electron chi connectivity index (χ0n) is 12.2. The lowest BCUT2D eigenvalue weighted by atomic mass is 10.2. The van der Waals surface area contributed by atoms with Gasteiger partial charge < -0.3 is 10.2 Å². The van der Waals surface area contributed by atoms with E-state index in [-0.39, 0.29) is 0 Å². The third-order valence-corrected chi connectivity index (χ3v) is 4.82. The van der Waals surface area contributed by atoms with E-state index in [0.29, 0.717) is 12.0 Å². The Hall–Kier alpha value is -0.610. The van der Waals surface area contributed by atoms with E-state index in [1.165, 1.54) is 28.5 Å². The van der Waals surface area contributed by atoms with Crippen LogP contribution in [0, 0.1) is 12.8 Å². The van der Waals surface area contributed by atoms with Crippen LogP contribution in [0.25, 0.3) is 0 Å². The number of nitrogens with one attached hydrogen (secondary N) is 1. The van der Waals surface area contributed by atoms with Crippen LogP contribution in [-0.4, -0.2) is 24.6 Å². The molecular weight excluding hydrogens is 242 g/mol. The van der Waals surface area contributed by atoms with E-state index >= 15 is 0 Å². The van der Waals surface area contributed by atoms with Crippen LogP contribution in [0.1, 0.15) is 50.2 Å². The molecule has 3 nitrogen and oxygen atoms in total. The Balaban J connectivity index is 2.20. The second-order valence-corrected chi connectivity index (χ2v) is 6.74. The van der Waals surface area contributed by atoms with Gasteiger partial charge in [0.05, 0.1) is 5.69 Å². The second-order valence-electron chi connectivity index (χ2n) is 5.73. The molecule has 0 aromatic carbocycles. The first-order chi connectivity index (χ1) is 8.52. The molecule has 0 radical (unpaired) electrons. The van der Waals surface area contributed by atoms with E-state index in [0.717, 1.165) is 12.6 Å². The van der Waals surface area contributed by atoms with Gasteiger partial charge in [-0.3, -0.25) is 0 Å². The van der Waals surface area contributed by atoms with Crippen LogP contribution in [0.5, 0.6) is 0 Å². The Labute approximate surface area is 115 Å². The zero-order chi connectivity index (χ0) is 13.3. The van der Waals surface area contributed by atoms with Crippen molar-refractivity contribution in [3.63, 3.8) is 0 Å². The predicted octanol–water partition coefficient (Wildman–Crippen LogP) is 3.36. The Morgan fingerprint density at radius 3 is 2.56 bits per heavy atom. The molecule has 1 aromatic rings. The monoisotopic (exact) mass is 267 g/mol. The van der Waals surface area contributed by atoms with Crippen molar-refractivity contribution in [1.29, 1.82) is 0 Å². The summed E-state index contributed by atoms with van der Waals surface area (Å²) in [5.74, 6) is 0.694. The van der Waals surface area contributed by atoms with Crippen molar-refractivity contribution in [3.8, 4) is 0 Å². The Morgan fingerprint density at radius 2 is 2.06 bits per heavy atom. The number of thiazole rings is 1. The molecular formula is C14H25N3S. The van der Waals surface area contributed by atoms with Crippen molar-refractivity contribution in [2.45, 2.75) is 52.6 Å². The molecule has 1 fully saturated rings. The Bertz CT molecular complexity index is 396. The maximum Gasteiger partial charge on any atom is 0.186 e. The molecule has 1 unspecified atom stereocenters. The van der Waals surface area contributed by atoms with Crippen LogP contribution in [-0.2, 0) is 0 Å². The smallest absolute Gasteiger partial charge is 0.186 e. The average molecular weight is 267 g/mol. The van der Waals surface area contributed by atoms with E-state index in [1.54, 1.807) is 0 Å². The molecule has 1 heterocycles. The fraction of sp³-hybridized carbons (Fsp3) is 0.786. The minimum Gasteiger partial charge on any atom is -0.345 e. The molecule has 18 heavy (non-hydrogen) atoms. The molecule has 1 aliphatic carbocycles. The molecule has 4 heteroatoms. The fourth-order valence-electron chi connectivity index (χ4n) is 2.21. The van der Waals surface area contributed by atoms with Crippen molar-refractivity contribution in [3.05, 3.63) is 10.6 Å². The van der Waals surface area contributed by atoms with Gasteiger partial charge in [-0.1, -0.05) is 13.8 Å². The van der Waals surface area contributed by atoms with Crippen LogP contribution in [0.3, 0.4) is 0 Å². The van der Waals surface area contributed by atoms with Crippen LogP contribution in [0.4, 0.5) is 5.13 Å². The normalized spacial score (nSPS) is 17.2. The van der Waals surface area contributed by atoms with Gasteiger partial charge in [0.15, 0.2) is 5.13 Å². The summed E-state index contributed by atoms with van der Waals surface area (Å²) in [7, 11) is 2.01. The third-order valence-electron chi connectivity index (χ3n) is 3.44. The number of nitrogens with zero attached hydrogens (tertiary/aromatic N) is 2. The van der Waals surface area contributed by atoms with E-state index in [1.807, 2.05) is 18.4 Å². The summed E-state index contributed by atoms with van der Waals surface area (Å²) in [4.78, 5) is 8.70. The Morgan fingerprint density at radius 1 is 1.39 bits per heavy atom. The molecule has 0 bridgehead atoms. The van der Waals surface area contributed by atoms with Crippen LogP contribution < -0.4 is 10.2 Å². The van der Waals surface area contributed by atoms with E-state index in [4.69, 9.17) is 4.98 Å². The van der Waals surface area contributed by atoms with Crippen molar-refractivity contribution in [2.75, 3.05) is 18.5 Å². The lowest BCUT2D eigenvalue weighted by Crippen LogP contribution is -2.29. The van der Waals surface area contributed by atoms with Crippen molar-refractivity contribution >= 4 is 16.5 Å². The first-order valence-electron chi connectivity index (χ1n) is 6.94. The van der Waals surface area contributed by atoms with Crippen molar-refractivity contribution in [1.82, 2.24) is 10.3 Å². The lowest BCUT2D eigenvalue weighted by molar-refractivity contribution is 0.606. The summed E-state index contributed by atoms with van der Waals surface area (Å²) >= 11 is 1.86. The van der Waals surface area contributed by atoms with Gasteiger partial charge in [0, 0.05) is 23.5 Å². The van der Waals surface area contributed by atoms with Crippen LogP contribution >= 0.6 is 11.3 Å². The van der Waals surface area contributed by atoms with Gasteiger partial charge in [-0.2, -0.15) is 0 Å². The summed E-state index contributed by atoms with van der Waals surface area (Å²) < 4.78 is 0. The first kappa shape index (κ1) is 13.8. The molecule has 0 amide bonds. The van der Waals surface area contributed by atoms with E-state index in [2.05, 4.69) is 37.9 Å². The van der Waals surface area contributed by atoms with Crippen molar-refractivity contribution < 1.29 is 0 Å². The fourth-order valence-corrected chi connectivity index (χ4v) is 3.42. The Kier molecular flexibility index (Phi) is 4.28. The highest BCUT2D eigenvalue weighted by Gasteiger charge is 2.32. The number of aromatic nitrogens is 1. The molecule has 2 rings (SSSR count). The summed E-state index contributed by atoms with van der Waals surface area (Å²) in [5, 5.41) is 4.53. The summed E-state index contributed by atoms with van der Waals surface area (Å²) in [6, 6.07) is 1.15. The standard InChI is InChI=1S/C14H25N3S/c1-9(2)8-17(12-6-7-12)14-16-11(4)13(18-14)10(3)15-5/h9-10,12,15H,6-8H2,1-5H3. The number of anilines is 1. The minimum absolute atomic E-state index is 0.399. The molecule has 0 saturated heterocycles. The molecule has 102 valence electrons. The van der Waals surface area contributed by atoms with Gasteiger partial charge in [-0.15, -0.1) is 11.3 Å². The highest BCUT2D eigenvalue weighted by atomic mass is 32.1. The number of hydrogen-bond donors (Lipinski definition) is 1. The lowest BCUT2D eigenvalue weighted by Gasteiger charge is -2.23. The van der Waals surface area contributed by atoms with Gasteiger partial charge in [0.2, 0.25) is 0 Å². The molecule has 1 aromatic heterocycles. The van der Waals surface area contributed by atoms with Crippen molar-refractivity contribution in [2.24, 2.45) is 5.92 Å². The topological polar surface area (TPSA) is 28.2 Å². The quantitative estimate of drug-likeness (QED) is 0.856. The van der Waals surface area contributed by atoms with E-state index in [9.17, 15) is 0 Å². The highest BCUT2D eigenvalue weighted by molar-refractivity contribution is 7.15. The zero-order valence-corrected chi connectivity index (χ0v) is 13.0. The van der Waals surface area contributed by atoms with E-state index < -0.39 is 0 Å². The highest BCUT2D eigenvalue weighted by Crippen LogP contribution is 2.37. The molecule has 1 N–H and O–H groups in total. The van der Waals surface area contributed by atoms with Gasteiger partial charge >= 0.3 is 0 Å². The molecule has 1 saturated carbocycles. The first-order valence-corrected chi connectivity index (χ1v) is 7.75. The summed E-state index contributed by atoms with van der Waals surface area (Å²) in [6.07, 6.45) is 2.67. The SMILES string of the molecule is CNC(C)c1sc(N(CC(C)C)C2CC2)nc1C. The maximum atomic E-state index is 4.80. The number of aryl methyl sites for hydroxylation is 1. The van der Waals surface area contributed by atoms with Crippen LogP contribution in [0.15, 0.2) is 0 Å². The number of rotatable bonds is 6. The number of hydrogen-bond acceptors (Lipinski definition) is 4. The van der Waals surface area contributed by atoms with Crippen LogP contribution in [0.2, 0.25) is 0 Å². The largest absolute Gasteiger partial charge is 0.345 e. The summed E-state index contributed by atoms with van der Waals surface area (Å²) in [6.45, 7) is 10.0. The van der Waals surface area contributed by atoms with Gasteiger partial charge in [-0.05, 0) is 39.7 Å². The van der Waals surface area contributed by atoms with Gasteiger partial charge in [-0.25, -0.2) is 4.98 Å². The van der Waals surface area contributed by atoms with Gasteiger partial charge in [0.25, 0.3) is 0 Å². The molecule has 1 atom stereocenters. The average Bonchev–Trinajstić information content (AvgIpc) is 3.08. The molecule has 1 aliphatic rings. The maximum absolute atomic E-state index is 4.80. The molecule has 0 aliphatic heterocycles.